The van der Waals surface area contributed by atoms with E-state index in [1.807, 2.05) is 0 Å². The van der Waals surface area contributed by atoms with Gasteiger partial charge >= 0.3 is 0 Å². The number of nitrogens with zero attached hydrogens (tertiary/aromatic N) is 3. The molecule has 0 radical (unpaired) electrons. The molecule has 2 aliphatic heterocycles. The lowest BCUT2D eigenvalue weighted by atomic mass is 10.1. The van der Waals surface area contributed by atoms with Gasteiger partial charge in [-0.25, -0.2) is 10.0 Å². The molecule has 5 nitrogen and oxygen atoms in total. The number of hydrogen-bond donors (Lipinski definition) is 0. The Morgan fingerprint density at radius 3 is 2.69 bits per heavy atom. The molecule has 0 saturated carbocycles. The highest BCUT2D eigenvalue weighted by molar-refractivity contribution is 6.31. The van der Waals surface area contributed by atoms with Crippen LogP contribution in [0, 0.1) is 10.1 Å². The number of halogens is 1. The first-order valence-electron chi connectivity index (χ1n) is 5.15. The molecular formula is C10H10ClN3O2. The van der Waals surface area contributed by atoms with Crippen LogP contribution in [0.5, 0.6) is 0 Å². The summed E-state index contributed by atoms with van der Waals surface area (Å²) in [5.41, 5.74) is 0.947. The number of fused-ring (bicyclic) bond motifs is 1. The molecule has 0 amide bonds. The first-order chi connectivity index (χ1) is 7.68. The summed E-state index contributed by atoms with van der Waals surface area (Å²) in [7, 11) is 0. The average Bonchev–Trinajstić information content (AvgIpc) is 2.72. The molecule has 0 bridgehead atoms. The SMILES string of the molecule is O=[N+]([O-])c1ccc(Cl)c(C2N3CCCN23)c1. The lowest BCUT2D eigenvalue weighted by Gasteiger charge is -2.04. The van der Waals surface area contributed by atoms with Crippen molar-refractivity contribution in [2.75, 3.05) is 13.1 Å². The van der Waals surface area contributed by atoms with Gasteiger partial charge < -0.3 is 0 Å². The van der Waals surface area contributed by atoms with Crippen molar-refractivity contribution in [3.05, 3.63) is 38.9 Å². The maximum absolute atomic E-state index is 10.7. The Labute approximate surface area is 97.3 Å². The summed E-state index contributed by atoms with van der Waals surface area (Å²) < 4.78 is 0. The number of benzene rings is 1. The first kappa shape index (κ1) is 10.0. The number of hydrogen-bond acceptors (Lipinski definition) is 4. The highest BCUT2D eigenvalue weighted by Gasteiger charge is 2.50. The first-order valence-corrected chi connectivity index (χ1v) is 5.53. The van der Waals surface area contributed by atoms with Crippen LogP contribution in [0.15, 0.2) is 18.2 Å². The highest BCUT2D eigenvalue weighted by Crippen LogP contribution is 2.47. The lowest BCUT2D eigenvalue weighted by molar-refractivity contribution is -0.384. The molecule has 2 saturated heterocycles. The molecule has 6 heteroatoms. The van der Waals surface area contributed by atoms with Gasteiger partial charge in [-0.15, -0.1) is 0 Å². The van der Waals surface area contributed by atoms with Crippen molar-refractivity contribution in [3.63, 3.8) is 0 Å². The van der Waals surface area contributed by atoms with Gasteiger partial charge in [0.1, 0.15) is 6.17 Å². The Morgan fingerprint density at radius 2 is 2.06 bits per heavy atom. The second kappa shape index (κ2) is 3.41. The summed E-state index contributed by atoms with van der Waals surface area (Å²) in [6.07, 6.45) is 1.31. The van der Waals surface area contributed by atoms with Crippen LogP contribution in [-0.4, -0.2) is 28.0 Å². The van der Waals surface area contributed by atoms with E-state index in [2.05, 4.69) is 10.0 Å². The quantitative estimate of drug-likeness (QED) is 0.451. The fourth-order valence-corrected chi connectivity index (χ4v) is 2.52. The van der Waals surface area contributed by atoms with Crippen molar-refractivity contribution in [1.29, 1.82) is 0 Å². The minimum atomic E-state index is -0.386. The molecule has 1 aromatic rings. The molecule has 0 spiro atoms. The minimum Gasteiger partial charge on any atom is -0.258 e. The van der Waals surface area contributed by atoms with E-state index in [1.165, 1.54) is 6.07 Å². The van der Waals surface area contributed by atoms with Crippen molar-refractivity contribution >= 4 is 17.3 Å². The van der Waals surface area contributed by atoms with E-state index in [0.29, 0.717) is 5.02 Å². The lowest BCUT2D eigenvalue weighted by Crippen LogP contribution is -2.01. The molecule has 0 aromatic heterocycles. The summed E-state index contributed by atoms with van der Waals surface area (Å²) in [5.74, 6) is 0. The molecule has 1 aromatic carbocycles. The second-order valence-electron chi connectivity index (χ2n) is 4.02. The van der Waals surface area contributed by atoms with E-state index < -0.39 is 0 Å². The van der Waals surface area contributed by atoms with Crippen LogP contribution in [0.3, 0.4) is 0 Å². The summed E-state index contributed by atoms with van der Waals surface area (Å²) >= 11 is 6.07. The average molecular weight is 240 g/mol. The zero-order valence-corrected chi connectivity index (χ0v) is 9.22. The number of nitro groups is 1. The van der Waals surface area contributed by atoms with Gasteiger partial charge in [0.15, 0.2) is 0 Å². The summed E-state index contributed by atoms with van der Waals surface area (Å²) in [5, 5.41) is 15.7. The number of hydrazine groups is 1. The Balaban J connectivity index is 1.94. The fourth-order valence-electron chi connectivity index (χ4n) is 2.31. The summed E-state index contributed by atoms with van der Waals surface area (Å²) in [6, 6.07) is 4.62. The van der Waals surface area contributed by atoms with E-state index in [1.54, 1.807) is 12.1 Å². The van der Waals surface area contributed by atoms with Crippen molar-refractivity contribution in [3.8, 4) is 0 Å². The summed E-state index contributed by atoms with van der Waals surface area (Å²) in [4.78, 5) is 10.3. The smallest absolute Gasteiger partial charge is 0.258 e. The van der Waals surface area contributed by atoms with E-state index in [9.17, 15) is 10.1 Å². The Bertz CT molecular complexity index is 455. The van der Waals surface area contributed by atoms with Gasteiger partial charge in [-0.2, -0.15) is 0 Å². The zero-order chi connectivity index (χ0) is 11.3. The maximum Gasteiger partial charge on any atom is 0.269 e. The van der Waals surface area contributed by atoms with Crippen LogP contribution in [0.1, 0.15) is 18.2 Å². The Kier molecular flexibility index (Phi) is 2.14. The highest BCUT2D eigenvalue weighted by atomic mass is 35.5. The van der Waals surface area contributed by atoms with Gasteiger partial charge in [-0.1, -0.05) is 11.6 Å². The van der Waals surface area contributed by atoms with Crippen molar-refractivity contribution < 1.29 is 4.92 Å². The molecule has 2 aliphatic rings. The van der Waals surface area contributed by atoms with Crippen LogP contribution in [0.25, 0.3) is 0 Å². The van der Waals surface area contributed by atoms with E-state index in [-0.39, 0.29) is 16.8 Å². The maximum atomic E-state index is 10.7. The number of non-ortho nitro benzene ring substituents is 1. The third kappa shape index (κ3) is 1.40. The number of rotatable bonds is 2. The van der Waals surface area contributed by atoms with Crippen LogP contribution in [-0.2, 0) is 0 Å². The standard InChI is InChI=1S/C10H10ClN3O2/c11-9-3-2-7(14(15)16)6-8(9)10-12-4-1-5-13(10)12/h2-3,6,10H,1,4-5H2. The van der Waals surface area contributed by atoms with Gasteiger partial charge in [0, 0.05) is 35.8 Å². The molecule has 2 unspecified atom stereocenters. The monoisotopic (exact) mass is 239 g/mol. The third-order valence-corrected chi connectivity index (χ3v) is 3.43. The molecule has 16 heavy (non-hydrogen) atoms. The second-order valence-corrected chi connectivity index (χ2v) is 4.42. The van der Waals surface area contributed by atoms with Crippen LogP contribution in [0.4, 0.5) is 5.69 Å². The van der Waals surface area contributed by atoms with E-state index in [0.717, 1.165) is 25.1 Å². The number of nitro benzene ring substituents is 1. The largest absolute Gasteiger partial charge is 0.269 e. The van der Waals surface area contributed by atoms with Crippen molar-refractivity contribution in [1.82, 2.24) is 10.0 Å². The molecular weight excluding hydrogens is 230 g/mol. The molecule has 84 valence electrons. The van der Waals surface area contributed by atoms with Crippen LogP contribution < -0.4 is 0 Å². The molecule has 0 N–H and O–H groups in total. The van der Waals surface area contributed by atoms with E-state index in [4.69, 9.17) is 11.6 Å². The Morgan fingerprint density at radius 1 is 1.38 bits per heavy atom. The van der Waals surface area contributed by atoms with Crippen molar-refractivity contribution in [2.45, 2.75) is 12.6 Å². The molecule has 0 aliphatic carbocycles. The van der Waals surface area contributed by atoms with Crippen LogP contribution in [0.2, 0.25) is 5.02 Å². The third-order valence-electron chi connectivity index (χ3n) is 3.08. The molecule has 2 heterocycles. The van der Waals surface area contributed by atoms with Gasteiger partial charge in [-0.05, 0) is 12.5 Å². The topological polar surface area (TPSA) is 49.2 Å². The van der Waals surface area contributed by atoms with Gasteiger partial charge in [0.2, 0.25) is 0 Å². The predicted octanol–water partition coefficient (Wildman–Crippen LogP) is 2.18. The van der Waals surface area contributed by atoms with Gasteiger partial charge in [0.25, 0.3) is 5.69 Å². The Hall–Kier alpha value is -1.17. The van der Waals surface area contributed by atoms with Gasteiger partial charge in [-0.3, -0.25) is 10.1 Å². The van der Waals surface area contributed by atoms with E-state index >= 15 is 0 Å². The molecule has 2 fully saturated rings. The fraction of sp³-hybridized carbons (Fsp3) is 0.400. The van der Waals surface area contributed by atoms with Gasteiger partial charge in [0.05, 0.1) is 4.92 Å². The molecule has 3 rings (SSSR count). The van der Waals surface area contributed by atoms with Crippen LogP contribution >= 0.6 is 11.6 Å². The summed E-state index contributed by atoms with van der Waals surface area (Å²) in [6.45, 7) is 2.04. The molecule has 2 atom stereocenters. The predicted molar refractivity (Wildman–Crippen MR) is 58.9 cm³/mol. The normalized spacial score (nSPS) is 31.2. The van der Waals surface area contributed by atoms with Crippen molar-refractivity contribution in [2.24, 2.45) is 0 Å². The zero-order valence-electron chi connectivity index (χ0n) is 8.47. The minimum absolute atomic E-state index is 0.103.